The van der Waals surface area contributed by atoms with E-state index < -0.39 is 0 Å². The summed E-state index contributed by atoms with van der Waals surface area (Å²) in [6.07, 6.45) is 6.72. The van der Waals surface area contributed by atoms with Gasteiger partial charge in [0, 0.05) is 11.3 Å². The predicted molar refractivity (Wildman–Crippen MR) is 90.0 cm³/mol. The Morgan fingerprint density at radius 1 is 1.33 bits per heavy atom. The third-order valence-electron chi connectivity index (χ3n) is 4.50. The molecule has 5 heteroatoms. The average Bonchev–Trinajstić information content (AvgIpc) is 3.18. The summed E-state index contributed by atoms with van der Waals surface area (Å²) in [7, 11) is 0. The Balaban J connectivity index is 0.00000161. The number of nitrogens with one attached hydrogen (secondary N) is 2. The Hall–Kier alpha value is -0.580. The molecule has 1 amide bonds. The zero-order chi connectivity index (χ0) is 13.8. The minimum atomic E-state index is 0. The SMILES string of the molecule is Cl.O=C(CCC1CCNCC1)NC(c1cccs1)C1CC1. The van der Waals surface area contributed by atoms with Crippen LogP contribution in [0.25, 0.3) is 0 Å². The van der Waals surface area contributed by atoms with E-state index in [1.54, 1.807) is 11.3 Å². The van der Waals surface area contributed by atoms with E-state index in [0.29, 0.717) is 12.3 Å². The van der Waals surface area contributed by atoms with Crippen LogP contribution in [0.2, 0.25) is 0 Å². The quantitative estimate of drug-likeness (QED) is 0.839. The van der Waals surface area contributed by atoms with Crippen LogP contribution in [-0.4, -0.2) is 19.0 Å². The molecule has 1 aromatic heterocycles. The minimum absolute atomic E-state index is 0. The highest BCUT2D eigenvalue weighted by atomic mass is 35.5. The maximum Gasteiger partial charge on any atom is 0.220 e. The molecule has 1 aliphatic heterocycles. The summed E-state index contributed by atoms with van der Waals surface area (Å²) in [6.45, 7) is 2.23. The van der Waals surface area contributed by atoms with Gasteiger partial charge in [-0.3, -0.25) is 4.79 Å². The van der Waals surface area contributed by atoms with Crippen LogP contribution < -0.4 is 10.6 Å². The second-order valence-electron chi connectivity index (χ2n) is 6.13. The van der Waals surface area contributed by atoms with Gasteiger partial charge in [-0.1, -0.05) is 6.07 Å². The standard InChI is InChI=1S/C16H24N2OS.ClH/c19-15(6-3-12-7-9-17-10-8-12)18-16(13-4-5-13)14-2-1-11-20-14;/h1-2,11-13,16-17H,3-10H2,(H,18,19);1H. The van der Waals surface area contributed by atoms with E-state index in [-0.39, 0.29) is 24.4 Å². The fraction of sp³-hybridized carbons (Fsp3) is 0.688. The van der Waals surface area contributed by atoms with Crippen LogP contribution in [0.4, 0.5) is 0 Å². The van der Waals surface area contributed by atoms with Gasteiger partial charge in [-0.15, -0.1) is 23.7 Å². The van der Waals surface area contributed by atoms with Crippen molar-refractivity contribution in [1.82, 2.24) is 10.6 Å². The van der Waals surface area contributed by atoms with E-state index >= 15 is 0 Å². The van der Waals surface area contributed by atoms with Gasteiger partial charge in [-0.25, -0.2) is 0 Å². The number of amides is 1. The molecule has 2 fully saturated rings. The zero-order valence-electron chi connectivity index (χ0n) is 12.3. The van der Waals surface area contributed by atoms with E-state index in [9.17, 15) is 4.79 Å². The maximum absolute atomic E-state index is 12.2. The van der Waals surface area contributed by atoms with Crippen LogP contribution >= 0.6 is 23.7 Å². The second kappa shape index (κ2) is 8.16. The molecule has 3 rings (SSSR count). The van der Waals surface area contributed by atoms with Crippen LogP contribution in [-0.2, 0) is 4.79 Å². The first-order valence-corrected chi connectivity index (χ1v) is 8.74. The Kier molecular flexibility index (Phi) is 6.52. The normalized spacial score (nSPS) is 20.6. The van der Waals surface area contributed by atoms with E-state index in [1.165, 1.54) is 30.6 Å². The molecule has 2 N–H and O–H groups in total. The third-order valence-corrected chi connectivity index (χ3v) is 5.45. The molecule has 1 saturated carbocycles. The van der Waals surface area contributed by atoms with Gasteiger partial charge >= 0.3 is 0 Å². The average molecular weight is 329 g/mol. The molecule has 2 aliphatic rings. The summed E-state index contributed by atoms with van der Waals surface area (Å²) in [5.41, 5.74) is 0. The number of hydrogen-bond acceptors (Lipinski definition) is 3. The van der Waals surface area contributed by atoms with Crippen molar-refractivity contribution in [2.75, 3.05) is 13.1 Å². The first-order chi connectivity index (χ1) is 9.83. The fourth-order valence-corrected chi connectivity index (χ4v) is 3.94. The molecule has 2 heterocycles. The Morgan fingerprint density at radius 3 is 2.71 bits per heavy atom. The molecule has 1 aliphatic carbocycles. The topological polar surface area (TPSA) is 41.1 Å². The van der Waals surface area contributed by atoms with Crippen molar-refractivity contribution in [3.05, 3.63) is 22.4 Å². The smallest absolute Gasteiger partial charge is 0.220 e. The molecule has 1 unspecified atom stereocenters. The molecule has 0 spiro atoms. The van der Waals surface area contributed by atoms with Gasteiger partial charge in [0.1, 0.15) is 0 Å². The van der Waals surface area contributed by atoms with Crippen LogP contribution in [0.5, 0.6) is 0 Å². The van der Waals surface area contributed by atoms with Gasteiger partial charge in [0.25, 0.3) is 0 Å². The van der Waals surface area contributed by atoms with E-state index in [0.717, 1.165) is 25.4 Å². The fourth-order valence-electron chi connectivity index (χ4n) is 3.07. The first kappa shape index (κ1) is 16.8. The summed E-state index contributed by atoms with van der Waals surface area (Å²) in [6, 6.07) is 4.51. The summed E-state index contributed by atoms with van der Waals surface area (Å²) in [5.74, 6) is 1.66. The summed E-state index contributed by atoms with van der Waals surface area (Å²) in [5, 5.41) is 8.76. The molecule has 0 radical (unpaired) electrons. The summed E-state index contributed by atoms with van der Waals surface area (Å²) < 4.78 is 0. The molecular weight excluding hydrogens is 304 g/mol. The van der Waals surface area contributed by atoms with Crippen LogP contribution in [0, 0.1) is 11.8 Å². The molecule has 0 aromatic carbocycles. The van der Waals surface area contributed by atoms with Gasteiger partial charge in [-0.05, 0) is 68.5 Å². The Labute approximate surface area is 137 Å². The number of carbonyl (C=O) groups is 1. The van der Waals surface area contributed by atoms with Crippen molar-refractivity contribution in [3.63, 3.8) is 0 Å². The predicted octanol–water partition coefficient (Wildman–Crippen LogP) is 3.52. The molecular formula is C16H25ClN2OS. The minimum Gasteiger partial charge on any atom is -0.348 e. The largest absolute Gasteiger partial charge is 0.348 e. The van der Waals surface area contributed by atoms with Crippen molar-refractivity contribution < 1.29 is 4.79 Å². The van der Waals surface area contributed by atoms with Crippen molar-refractivity contribution in [2.24, 2.45) is 11.8 Å². The lowest BCUT2D eigenvalue weighted by Gasteiger charge is -2.23. The molecule has 21 heavy (non-hydrogen) atoms. The first-order valence-electron chi connectivity index (χ1n) is 7.86. The molecule has 1 atom stereocenters. The highest BCUT2D eigenvalue weighted by Crippen LogP contribution is 2.42. The van der Waals surface area contributed by atoms with Gasteiger partial charge in [-0.2, -0.15) is 0 Å². The van der Waals surface area contributed by atoms with E-state index in [2.05, 4.69) is 28.1 Å². The van der Waals surface area contributed by atoms with Gasteiger partial charge in [0.15, 0.2) is 0 Å². The molecule has 118 valence electrons. The van der Waals surface area contributed by atoms with Gasteiger partial charge in [0.05, 0.1) is 6.04 Å². The summed E-state index contributed by atoms with van der Waals surface area (Å²) in [4.78, 5) is 13.5. The third kappa shape index (κ3) is 4.97. The lowest BCUT2D eigenvalue weighted by atomic mass is 9.93. The van der Waals surface area contributed by atoms with Crippen LogP contribution in [0.3, 0.4) is 0 Å². The van der Waals surface area contributed by atoms with Crippen molar-refractivity contribution in [1.29, 1.82) is 0 Å². The summed E-state index contributed by atoms with van der Waals surface area (Å²) >= 11 is 1.76. The van der Waals surface area contributed by atoms with Gasteiger partial charge in [0.2, 0.25) is 5.91 Å². The van der Waals surface area contributed by atoms with Gasteiger partial charge < -0.3 is 10.6 Å². The Morgan fingerprint density at radius 2 is 2.10 bits per heavy atom. The molecule has 1 aromatic rings. The maximum atomic E-state index is 12.2. The number of carbonyl (C=O) groups excluding carboxylic acids is 1. The monoisotopic (exact) mass is 328 g/mol. The van der Waals surface area contributed by atoms with Crippen LogP contribution in [0.1, 0.15) is 49.4 Å². The van der Waals surface area contributed by atoms with Crippen molar-refractivity contribution >= 4 is 29.7 Å². The number of halogens is 1. The molecule has 1 saturated heterocycles. The van der Waals surface area contributed by atoms with Crippen molar-refractivity contribution in [3.8, 4) is 0 Å². The van der Waals surface area contributed by atoms with E-state index in [4.69, 9.17) is 0 Å². The number of rotatable bonds is 6. The number of thiophene rings is 1. The van der Waals surface area contributed by atoms with Crippen molar-refractivity contribution in [2.45, 2.75) is 44.6 Å². The number of hydrogen-bond donors (Lipinski definition) is 2. The molecule has 3 nitrogen and oxygen atoms in total. The van der Waals surface area contributed by atoms with Crippen LogP contribution in [0.15, 0.2) is 17.5 Å². The lowest BCUT2D eigenvalue weighted by Crippen LogP contribution is -2.31. The zero-order valence-corrected chi connectivity index (χ0v) is 14.0. The van der Waals surface area contributed by atoms with E-state index in [1.807, 2.05) is 0 Å². The lowest BCUT2D eigenvalue weighted by molar-refractivity contribution is -0.122. The Bertz CT molecular complexity index is 427. The highest BCUT2D eigenvalue weighted by Gasteiger charge is 2.33. The molecule has 0 bridgehead atoms. The second-order valence-corrected chi connectivity index (χ2v) is 7.11. The number of piperidine rings is 1. The highest BCUT2D eigenvalue weighted by molar-refractivity contribution is 7.10.